The van der Waals surface area contributed by atoms with Crippen molar-refractivity contribution < 1.29 is 36.2 Å². The molecule has 4 rings (SSSR count). The van der Waals surface area contributed by atoms with E-state index in [0.29, 0.717) is 19.7 Å². The quantitative estimate of drug-likeness (QED) is 0.290. The lowest BCUT2D eigenvalue weighted by Gasteiger charge is -2.29. The molecule has 0 aromatic heterocycles. The third-order valence-electron chi connectivity index (χ3n) is 6.58. The Bertz CT molecular complexity index is 1290. The molecule has 214 valence electrons. The van der Waals surface area contributed by atoms with Crippen molar-refractivity contribution in [3.8, 4) is 5.75 Å². The maximum atomic E-state index is 13.9. The molecule has 0 aliphatic carbocycles. The number of carbonyl (C=O) groups is 1. The lowest BCUT2D eigenvalue weighted by atomic mass is 10.1. The van der Waals surface area contributed by atoms with Gasteiger partial charge in [0.2, 0.25) is 0 Å². The van der Waals surface area contributed by atoms with Crippen molar-refractivity contribution in [3.05, 3.63) is 101 Å². The molecule has 1 heterocycles. The van der Waals surface area contributed by atoms with Gasteiger partial charge >= 0.3 is 6.18 Å². The Kier molecular flexibility index (Phi) is 9.76. The molecule has 0 saturated carbocycles. The van der Waals surface area contributed by atoms with Gasteiger partial charge in [-0.3, -0.25) is 9.69 Å². The van der Waals surface area contributed by atoms with Gasteiger partial charge in [-0.05, 0) is 55.2 Å². The summed E-state index contributed by atoms with van der Waals surface area (Å²) in [7, 11) is 0. The topological polar surface area (TPSA) is 50.8 Å². The Balaban J connectivity index is 1.54. The van der Waals surface area contributed by atoms with Gasteiger partial charge in [-0.1, -0.05) is 42.0 Å². The van der Waals surface area contributed by atoms with Crippen molar-refractivity contribution in [1.29, 1.82) is 0 Å². The van der Waals surface area contributed by atoms with E-state index in [2.05, 4.69) is 5.32 Å². The van der Waals surface area contributed by atoms with Gasteiger partial charge in [0.05, 0.1) is 11.7 Å². The van der Waals surface area contributed by atoms with Crippen LogP contribution in [-0.4, -0.2) is 42.7 Å². The number of rotatable bonds is 11. The summed E-state index contributed by atoms with van der Waals surface area (Å²) in [6.45, 7) is 3.50. The van der Waals surface area contributed by atoms with Crippen LogP contribution in [0, 0.1) is 18.6 Å². The molecule has 1 amide bonds. The van der Waals surface area contributed by atoms with E-state index in [4.69, 9.17) is 9.47 Å². The summed E-state index contributed by atoms with van der Waals surface area (Å²) >= 11 is 0. The number of aryl methyl sites for hydroxylation is 1. The second-order valence-corrected chi connectivity index (χ2v) is 9.92. The van der Waals surface area contributed by atoms with Crippen LogP contribution in [0.15, 0.2) is 66.7 Å². The number of carbonyl (C=O) groups excluding carboxylic acids is 1. The predicted octanol–water partition coefficient (Wildman–Crippen LogP) is 6.04. The maximum Gasteiger partial charge on any atom is 0.416 e. The van der Waals surface area contributed by atoms with Crippen molar-refractivity contribution in [2.45, 2.75) is 51.2 Å². The summed E-state index contributed by atoms with van der Waals surface area (Å²) in [6.07, 6.45) is -3.95. The molecule has 1 aliphatic rings. The minimum Gasteiger partial charge on any atom is -0.479 e. The second-order valence-electron chi connectivity index (χ2n) is 9.92. The van der Waals surface area contributed by atoms with Crippen molar-refractivity contribution >= 4 is 5.91 Å². The molecule has 3 aromatic carbocycles. The first-order chi connectivity index (χ1) is 19.1. The van der Waals surface area contributed by atoms with E-state index in [1.807, 2.05) is 36.1 Å². The van der Waals surface area contributed by atoms with Crippen LogP contribution in [0.4, 0.5) is 22.0 Å². The standard InChI is InChI=1S/C30H31F5N2O3/c1-20-5-2-7-22(13-20)17-37(18-25-9-4-12-39-25)19-28(40-24-10-11-26(31)27(32)15-24)29(38)36-16-21-6-3-8-23(14-21)30(33,34)35/h2-3,5-8,10-11,13-15,25,28H,4,9,12,16-19H2,1H3,(H,36,38)/t25-,28+/m1/s1. The molecule has 0 radical (unpaired) electrons. The first kappa shape index (κ1) is 29.5. The lowest BCUT2D eigenvalue weighted by molar-refractivity contribution is -0.137. The zero-order chi connectivity index (χ0) is 28.7. The first-order valence-corrected chi connectivity index (χ1v) is 13.0. The average Bonchev–Trinajstić information content (AvgIpc) is 3.42. The summed E-state index contributed by atoms with van der Waals surface area (Å²) in [5.74, 6) is -2.84. The first-order valence-electron chi connectivity index (χ1n) is 13.0. The highest BCUT2D eigenvalue weighted by Crippen LogP contribution is 2.29. The van der Waals surface area contributed by atoms with E-state index >= 15 is 0 Å². The fourth-order valence-corrected chi connectivity index (χ4v) is 4.63. The molecular formula is C30H31F5N2O3. The SMILES string of the molecule is Cc1cccc(CN(C[C@H]2CCCO2)C[C@H](Oc2ccc(F)c(F)c2)C(=O)NCc2cccc(C(F)(F)F)c2)c1. The minimum absolute atomic E-state index is 0.0399. The Labute approximate surface area is 229 Å². The van der Waals surface area contributed by atoms with E-state index in [1.54, 1.807) is 0 Å². The smallest absolute Gasteiger partial charge is 0.416 e. The van der Waals surface area contributed by atoms with Crippen LogP contribution in [0.3, 0.4) is 0 Å². The van der Waals surface area contributed by atoms with E-state index in [0.717, 1.165) is 48.2 Å². The van der Waals surface area contributed by atoms with Crippen LogP contribution in [0.1, 0.15) is 35.1 Å². The maximum absolute atomic E-state index is 13.9. The largest absolute Gasteiger partial charge is 0.479 e. The zero-order valence-electron chi connectivity index (χ0n) is 22.0. The number of benzene rings is 3. The number of nitrogens with one attached hydrogen (secondary N) is 1. The molecule has 1 aliphatic heterocycles. The average molecular weight is 563 g/mol. The van der Waals surface area contributed by atoms with E-state index < -0.39 is 35.4 Å². The summed E-state index contributed by atoms with van der Waals surface area (Å²) in [5, 5.41) is 2.64. The van der Waals surface area contributed by atoms with Crippen molar-refractivity contribution in [2.24, 2.45) is 0 Å². The van der Waals surface area contributed by atoms with Gasteiger partial charge in [-0.2, -0.15) is 13.2 Å². The lowest BCUT2D eigenvalue weighted by Crippen LogP contribution is -2.47. The summed E-state index contributed by atoms with van der Waals surface area (Å²) in [4.78, 5) is 15.3. The molecule has 0 spiro atoms. The third-order valence-corrected chi connectivity index (χ3v) is 6.58. The zero-order valence-corrected chi connectivity index (χ0v) is 22.0. The molecule has 0 bridgehead atoms. The molecule has 2 atom stereocenters. The molecule has 1 saturated heterocycles. The number of nitrogens with zero attached hydrogens (tertiary/aromatic N) is 1. The highest BCUT2D eigenvalue weighted by Gasteiger charge is 2.31. The summed E-state index contributed by atoms with van der Waals surface area (Å²) < 4.78 is 78.5. The fraction of sp³-hybridized carbons (Fsp3) is 0.367. The van der Waals surface area contributed by atoms with Crippen LogP contribution in [0.25, 0.3) is 0 Å². The van der Waals surface area contributed by atoms with Gasteiger partial charge in [0.25, 0.3) is 5.91 Å². The van der Waals surface area contributed by atoms with Crippen LogP contribution in [0.5, 0.6) is 5.75 Å². The van der Waals surface area contributed by atoms with Gasteiger partial charge in [0.15, 0.2) is 17.7 Å². The Morgan fingerprint density at radius 3 is 2.52 bits per heavy atom. The Morgan fingerprint density at radius 1 is 1.05 bits per heavy atom. The van der Waals surface area contributed by atoms with Gasteiger partial charge < -0.3 is 14.8 Å². The minimum atomic E-state index is -4.52. The van der Waals surface area contributed by atoms with E-state index in [1.165, 1.54) is 18.2 Å². The molecule has 1 fully saturated rings. The molecule has 3 aromatic rings. The van der Waals surface area contributed by atoms with Gasteiger partial charge in [0, 0.05) is 38.9 Å². The predicted molar refractivity (Wildman–Crippen MR) is 139 cm³/mol. The van der Waals surface area contributed by atoms with E-state index in [9.17, 15) is 26.7 Å². The normalized spacial score (nSPS) is 16.2. The molecule has 10 heteroatoms. The second kappa shape index (κ2) is 13.2. The molecular weight excluding hydrogens is 531 g/mol. The third kappa shape index (κ3) is 8.50. The number of ether oxygens (including phenoxy) is 2. The van der Waals surface area contributed by atoms with Crippen LogP contribution < -0.4 is 10.1 Å². The van der Waals surface area contributed by atoms with Crippen molar-refractivity contribution in [3.63, 3.8) is 0 Å². The summed E-state index contributed by atoms with van der Waals surface area (Å²) in [6, 6.07) is 15.5. The number of amides is 1. The van der Waals surface area contributed by atoms with Crippen molar-refractivity contribution in [2.75, 3.05) is 19.7 Å². The molecule has 40 heavy (non-hydrogen) atoms. The highest BCUT2D eigenvalue weighted by atomic mass is 19.4. The van der Waals surface area contributed by atoms with E-state index in [-0.39, 0.29) is 30.5 Å². The molecule has 1 N–H and O–H groups in total. The van der Waals surface area contributed by atoms with Gasteiger partial charge in [-0.15, -0.1) is 0 Å². The van der Waals surface area contributed by atoms with Crippen LogP contribution >= 0.6 is 0 Å². The van der Waals surface area contributed by atoms with Crippen LogP contribution in [-0.2, 0) is 28.8 Å². The number of hydrogen-bond acceptors (Lipinski definition) is 4. The fourth-order valence-electron chi connectivity index (χ4n) is 4.63. The molecule has 5 nitrogen and oxygen atoms in total. The summed E-state index contributed by atoms with van der Waals surface area (Å²) in [5.41, 5.74) is 1.51. The van der Waals surface area contributed by atoms with Gasteiger partial charge in [0.1, 0.15) is 5.75 Å². The van der Waals surface area contributed by atoms with Crippen LogP contribution in [0.2, 0.25) is 0 Å². The molecule has 0 unspecified atom stereocenters. The van der Waals surface area contributed by atoms with Crippen molar-refractivity contribution in [1.82, 2.24) is 10.2 Å². The number of alkyl halides is 3. The number of hydrogen-bond donors (Lipinski definition) is 1. The Morgan fingerprint density at radius 2 is 1.82 bits per heavy atom. The highest BCUT2D eigenvalue weighted by molar-refractivity contribution is 5.81. The van der Waals surface area contributed by atoms with Gasteiger partial charge in [-0.25, -0.2) is 8.78 Å². The number of halogens is 5. The monoisotopic (exact) mass is 562 g/mol. The Hall–Kier alpha value is -3.50.